The van der Waals surface area contributed by atoms with Crippen molar-refractivity contribution in [3.63, 3.8) is 0 Å². The van der Waals surface area contributed by atoms with E-state index in [9.17, 15) is 0 Å². The van der Waals surface area contributed by atoms with Crippen LogP contribution in [0.2, 0.25) is 5.02 Å². The van der Waals surface area contributed by atoms with Gasteiger partial charge in [-0.25, -0.2) is 0 Å². The quantitative estimate of drug-likeness (QED) is 0.819. The first-order chi connectivity index (χ1) is 8.24. The van der Waals surface area contributed by atoms with Crippen molar-refractivity contribution in [3.8, 4) is 5.75 Å². The second kappa shape index (κ2) is 5.60. The van der Waals surface area contributed by atoms with E-state index in [1.165, 1.54) is 0 Å². The lowest BCUT2D eigenvalue weighted by molar-refractivity contribution is 0.250. The molecule has 0 aliphatic heterocycles. The number of para-hydroxylation sites is 1. The molecule has 0 aliphatic carbocycles. The van der Waals surface area contributed by atoms with Crippen molar-refractivity contribution in [1.29, 1.82) is 0 Å². The summed E-state index contributed by atoms with van der Waals surface area (Å²) < 4.78 is 5.70. The minimum atomic E-state index is -0.115. The van der Waals surface area contributed by atoms with Crippen molar-refractivity contribution in [1.82, 2.24) is 0 Å². The summed E-state index contributed by atoms with van der Waals surface area (Å²) in [6.07, 6.45) is -0.115. The number of anilines is 1. The molecule has 3 heteroatoms. The fourth-order valence-electron chi connectivity index (χ4n) is 1.55. The van der Waals surface area contributed by atoms with Crippen LogP contribution in [-0.4, -0.2) is 6.23 Å². The van der Waals surface area contributed by atoms with Crippen molar-refractivity contribution >= 4 is 17.3 Å². The summed E-state index contributed by atoms with van der Waals surface area (Å²) in [4.78, 5) is 0. The molecular formula is C14H14ClNO. The maximum Gasteiger partial charge on any atom is 0.167 e. The molecular weight excluding hydrogens is 234 g/mol. The zero-order valence-electron chi connectivity index (χ0n) is 9.56. The highest BCUT2D eigenvalue weighted by Crippen LogP contribution is 2.17. The van der Waals surface area contributed by atoms with Crippen LogP contribution < -0.4 is 10.1 Å². The van der Waals surface area contributed by atoms with Gasteiger partial charge in [-0.2, -0.15) is 0 Å². The summed E-state index contributed by atoms with van der Waals surface area (Å²) in [5, 5.41) is 3.93. The van der Waals surface area contributed by atoms with E-state index < -0.39 is 0 Å². The predicted molar refractivity (Wildman–Crippen MR) is 71.6 cm³/mol. The maximum atomic E-state index is 5.91. The fourth-order valence-corrected chi connectivity index (χ4v) is 1.74. The molecule has 0 saturated heterocycles. The molecule has 2 nitrogen and oxygen atoms in total. The molecule has 2 aromatic carbocycles. The molecule has 0 aliphatic rings. The van der Waals surface area contributed by atoms with Crippen LogP contribution >= 0.6 is 11.6 Å². The van der Waals surface area contributed by atoms with E-state index in [-0.39, 0.29) is 6.23 Å². The highest BCUT2D eigenvalue weighted by molar-refractivity contribution is 6.30. The fraction of sp³-hybridized carbons (Fsp3) is 0.143. The van der Waals surface area contributed by atoms with Gasteiger partial charge in [-0.3, -0.25) is 0 Å². The number of hydrogen-bond acceptors (Lipinski definition) is 2. The normalized spacial score (nSPS) is 11.9. The number of nitrogens with one attached hydrogen (secondary N) is 1. The van der Waals surface area contributed by atoms with Crippen LogP contribution in [0.25, 0.3) is 0 Å². The summed E-state index contributed by atoms with van der Waals surface area (Å²) >= 11 is 5.91. The molecule has 2 aromatic rings. The largest absolute Gasteiger partial charge is 0.471 e. The summed E-state index contributed by atoms with van der Waals surface area (Å²) in [7, 11) is 0. The number of hydrogen-bond donors (Lipinski definition) is 1. The molecule has 0 saturated carbocycles. The first-order valence-electron chi connectivity index (χ1n) is 5.48. The van der Waals surface area contributed by atoms with Crippen LogP contribution in [0.15, 0.2) is 54.6 Å². The zero-order chi connectivity index (χ0) is 12.1. The molecule has 2 rings (SSSR count). The third-order valence-corrected chi connectivity index (χ3v) is 2.49. The van der Waals surface area contributed by atoms with Gasteiger partial charge in [-0.15, -0.1) is 0 Å². The molecule has 0 spiro atoms. The molecule has 88 valence electrons. The molecule has 1 unspecified atom stereocenters. The van der Waals surface area contributed by atoms with Gasteiger partial charge in [-0.05, 0) is 37.3 Å². The lowest BCUT2D eigenvalue weighted by Crippen LogP contribution is -2.22. The van der Waals surface area contributed by atoms with Gasteiger partial charge in [0.25, 0.3) is 0 Å². The summed E-state index contributed by atoms with van der Waals surface area (Å²) in [6.45, 7) is 1.95. The van der Waals surface area contributed by atoms with E-state index in [1.54, 1.807) is 0 Å². The Morgan fingerprint density at radius 2 is 1.82 bits per heavy atom. The Hall–Kier alpha value is -1.67. The number of ether oxygens (including phenoxy) is 1. The minimum Gasteiger partial charge on any atom is -0.471 e. The molecule has 1 N–H and O–H groups in total. The Kier molecular flexibility index (Phi) is 3.89. The lowest BCUT2D eigenvalue weighted by Gasteiger charge is -2.17. The van der Waals surface area contributed by atoms with E-state index in [4.69, 9.17) is 16.3 Å². The molecule has 0 radical (unpaired) electrons. The average Bonchev–Trinajstić information content (AvgIpc) is 2.30. The molecule has 1 atom stereocenters. The predicted octanol–water partition coefficient (Wildman–Crippen LogP) is 4.18. The molecule has 0 aromatic heterocycles. The molecule has 0 fully saturated rings. The highest BCUT2D eigenvalue weighted by atomic mass is 35.5. The topological polar surface area (TPSA) is 21.3 Å². The zero-order valence-corrected chi connectivity index (χ0v) is 10.3. The van der Waals surface area contributed by atoms with Gasteiger partial charge in [0.2, 0.25) is 0 Å². The number of halogens is 1. The monoisotopic (exact) mass is 247 g/mol. The number of rotatable bonds is 4. The van der Waals surface area contributed by atoms with E-state index in [0.717, 1.165) is 11.4 Å². The van der Waals surface area contributed by atoms with Crippen LogP contribution in [0.3, 0.4) is 0 Å². The van der Waals surface area contributed by atoms with Crippen LogP contribution in [-0.2, 0) is 0 Å². The SMILES string of the molecule is CC(Nc1cccc(Cl)c1)Oc1ccccc1. The smallest absolute Gasteiger partial charge is 0.167 e. The minimum absolute atomic E-state index is 0.115. The van der Waals surface area contributed by atoms with Crippen molar-refractivity contribution in [2.24, 2.45) is 0 Å². The van der Waals surface area contributed by atoms with Gasteiger partial charge in [0, 0.05) is 10.7 Å². The van der Waals surface area contributed by atoms with Gasteiger partial charge in [0.1, 0.15) is 5.75 Å². The second-order valence-corrected chi connectivity index (χ2v) is 4.16. The summed E-state index contributed by atoms with van der Waals surface area (Å²) in [5.74, 6) is 0.842. The standard InChI is InChI=1S/C14H14ClNO/c1-11(17-14-8-3-2-4-9-14)16-13-7-5-6-12(15)10-13/h2-11,16H,1H3. The van der Waals surface area contributed by atoms with E-state index >= 15 is 0 Å². The van der Waals surface area contributed by atoms with Crippen LogP contribution in [0, 0.1) is 0 Å². The van der Waals surface area contributed by atoms with Gasteiger partial charge >= 0.3 is 0 Å². The van der Waals surface area contributed by atoms with Crippen molar-refractivity contribution in [2.45, 2.75) is 13.2 Å². The second-order valence-electron chi connectivity index (χ2n) is 3.73. The van der Waals surface area contributed by atoms with Crippen LogP contribution in [0.5, 0.6) is 5.75 Å². The van der Waals surface area contributed by atoms with E-state index in [2.05, 4.69) is 5.32 Å². The third-order valence-electron chi connectivity index (χ3n) is 2.25. The molecule has 17 heavy (non-hydrogen) atoms. The highest BCUT2D eigenvalue weighted by Gasteiger charge is 2.03. The first kappa shape index (κ1) is 11.8. The van der Waals surface area contributed by atoms with Gasteiger partial charge in [0.05, 0.1) is 0 Å². The van der Waals surface area contributed by atoms with Gasteiger partial charge in [-0.1, -0.05) is 35.9 Å². The molecule has 0 bridgehead atoms. The van der Waals surface area contributed by atoms with E-state index in [0.29, 0.717) is 5.02 Å². The Bertz CT molecular complexity index is 473. The third kappa shape index (κ3) is 3.68. The average molecular weight is 248 g/mol. The summed E-state index contributed by atoms with van der Waals surface area (Å²) in [5.41, 5.74) is 0.945. The molecule has 0 heterocycles. The number of benzene rings is 2. The van der Waals surface area contributed by atoms with Crippen molar-refractivity contribution in [2.75, 3.05) is 5.32 Å². The van der Waals surface area contributed by atoms with Gasteiger partial charge in [0.15, 0.2) is 6.23 Å². The first-order valence-corrected chi connectivity index (χ1v) is 5.85. The summed E-state index contributed by atoms with van der Waals surface area (Å²) in [6, 6.07) is 17.3. The Morgan fingerprint density at radius 1 is 1.06 bits per heavy atom. The molecule has 0 amide bonds. The lowest BCUT2D eigenvalue weighted by atomic mass is 10.3. The Morgan fingerprint density at radius 3 is 2.53 bits per heavy atom. The van der Waals surface area contributed by atoms with E-state index in [1.807, 2.05) is 61.5 Å². The van der Waals surface area contributed by atoms with Gasteiger partial charge < -0.3 is 10.1 Å². The Labute approximate surface area is 106 Å². The maximum absolute atomic E-state index is 5.91. The van der Waals surface area contributed by atoms with Crippen molar-refractivity contribution < 1.29 is 4.74 Å². The Balaban J connectivity index is 1.96. The van der Waals surface area contributed by atoms with Crippen LogP contribution in [0.4, 0.5) is 5.69 Å². The van der Waals surface area contributed by atoms with Crippen LogP contribution in [0.1, 0.15) is 6.92 Å². The van der Waals surface area contributed by atoms with Crippen molar-refractivity contribution in [3.05, 3.63) is 59.6 Å².